The molecule has 0 saturated carbocycles. The average molecular weight is 487 g/mol. The molecule has 0 radical (unpaired) electrons. The molecule has 4 aromatic rings. The second-order valence-corrected chi connectivity index (χ2v) is 13.0. The Morgan fingerprint density at radius 1 is 0.459 bits per heavy atom. The molecule has 0 fully saturated rings. The van der Waals surface area contributed by atoms with Gasteiger partial charge in [0.15, 0.2) is 0 Å². The van der Waals surface area contributed by atoms with Gasteiger partial charge in [-0.3, -0.25) is 0 Å². The number of benzene rings is 4. The fraction of sp³-hybridized carbons (Fsp3) is 0.351. The van der Waals surface area contributed by atoms with Crippen LogP contribution in [0.1, 0.15) is 90.5 Å². The molecule has 0 saturated heterocycles. The standard InChI is InChI=1S/C37H42/c1-9-37(10-2)33-23-27(25-11-17-29(18-12-25)35(3,4)5)15-21-31(33)32-22-16-28(24-34(32)37)26-13-19-30(20-14-26)36(6,7)8/h11-24H,9-10H2,1-8H3. The third-order valence-corrected chi connectivity index (χ3v) is 8.74. The summed E-state index contributed by atoms with van der Waals surface area (Å²) in [6, 6.07) is 32.7. The highest BCUT2D eigenvalue weighted by Crippen LogP contribution is 2.54. The molecule has 0 N–H and O–H groups in total. The van der Waals surface area contributed by atoms with Gasteiger partial charge in [-0.2, -0.15) is 0 Å². The Kier molecular flexibility index (Phi) is 6.22. The van der Waals surface area contributed by atoms with Crippen molar-refractivity contribution in [2.45, 2.75) is 84.5 Å². The zero-order valence-corrected chi connectivity index (χ0v) is 24.0. The summed E-state index contributed by atoms with van der Waals surface area (Å²) in [5, 5.41) is 0. The molecule has 0 unspecified atom stereocenters. The van der Waals surface area contributed by atoms with Crippen LogP contribution in [-0.2, 0) is 16.2 Å². The fourth-order valence-electron chi connectivity index (χ4n) is 6.19. The van der Waals surface area contributed by atoms with E-state index < -0.39 is 0 Å². The van der Waals surface area contributed by atoms with Gasteiger partial charge in [-0.25, -0.2) is 0 Å². The lowest BCUT2D eigenvalue weighted by molar-refractivity contribution is 0.491. The summed E-state index contributed by atoms with van der Waals surface area (Å²) in [6.07, 6.45) is 2.20. The lowest BCUT2D eigenvalue weighted by atomic mass is 9.73. The molecule has 0 heterocycles. The number of hydrogen-bond acceptors (Lipinski definition) is 0. The molecule has 0 aliphatic heterocycles. The van der Waals surface area contributed by atoms with Crippen molar-refractivity contribution in [2.24, 2.45) is 0 Å². The fourth-order valence-corrected chi connectivity index (χ4v) is 6.19. The van der Waals surface area contributed by atoms with Gasteiger partial charge in [0.25, 0.3) is 0 Å². The molecule has 190 valence electrons. The summed E-state index contributed by atoms with van der Waals surface area (Å²) >= 11 is 0. The molecule has 1 aliphatic carbocycles. The first kappa shape index (κ1) is 25.5. The van der Waals surface area contributed by atoms with Crippen LogP contribution in [0.4, 0.5) is 0 Å². The molecule has 4 aromatic carbocycles. The van der Waals surface area contributed by atoms with Gasteiger partial charge in [0.2, 0.25) is 0 Å². The molecule has 5 rings (SSSR count). The van der Waals surface area contributed by atoms with Gasteiger partial charge in [0.1, 0.15) is 0 Å². The Balaban J connectivity index is 1.57. The van der Waals surface area contributed by atoms with Crippen LogP contribution in [0.25, 0.3) is 33.4 Å². The van der Waals surface area contributed by atoms with Gasteiger partial charge in [0, 0.05) is 5.41 Å². The van der Waals surface area contributed by atoms with Gasteiger partial charge >= 0.3 is 0 Å². The maximum atomic E-state index is 2.48. The molecule has 0 aromatic heterocycles. The molecule has 0 amide bonds. The van der Waals surface area contributed by atoms with Crippen LogP contribution in [-0.4, -0.2) is 0 Å². The van der Waals surface area contributed by atoms with Crippen molar-refractivity contribution in [3.8, 4) is 33.4 Å². The van der Waals surface area contributed by atoms with Crippen molar-refractivity contribution < 1.29 is 0 Å². The monoisotopic (exact) mass is 486 g/mol. The van der Waals surface area contributed by atoms with Crippen molar-refractivity contribution in [2.75, 3.05) is 0 Å². The second kappa shape index (κ2) is 9.02. The topological polar surface area (TPSA) is 0 Å². The summed E-state index contributed by atoms with van der Waals surface area (Å²) in [4.78, 5) is 0. The number of hydrogen-bond donors (Lipinski definition) is 0. The van der Waals surface area contributed by atoms with Crippen LogP contribution < -0.4 is 0 Å². The third kappa shape index (κ3) is 4.35. The zero-order chi connectivity index (χ0) is 26.6. The molecule has 0 heteroatoms. The molecule has 37 heavy (non-hydrogen) atoms. The van der Waals surface area contributed by atoms with Gasteiger partial charge in [0.05, 0.1) is 0 Å². The zero-order valence-electron chi connectivity index (χ0n) is 24.0. The molecular formula is C37H42. The lowest BCUT2D eigenvalue weighted by Crippen LogP contribution is -2.23. The Hall–Kier alpha value is -3.12. The van der Waals surface area contributed by atoms with E-state index in [9.17, 15) is 0 Å². The van der Waals surface area contributed by atoms with Crippen molar-refractivity contribution in [1.29, 1.82) is 0 Å². The SMILES string of the molecule is CCC1(CC)c2cc(-c3ccc(C(C)(C)C)cc3)ccc2-c2ccc(-c3ccc(C(C)(C)C)cc3)cc21. The molecule has 0 atom stereocenters. The van der Waals surface area contributed by atoms with E-state index in [1.165, 1.54) is 55.6 Å². The van der Waals surface area contributed by atoms with E-state index in [0.29, 0.717) is 0 Å². The summed E-state index contributed by atoms with van der Waals surface area (Å²) in [5.74, 6) is 0. The summed E-state index contributed by atoms with van der Waals surface area (Å²) in [7, 11) is 0. The highest BCUT2D eigenvalue weighted by molar-refractivity contribution is 5.86. The third-order valence-electron chi connectivity index (χ3n) is 8.74. The van der Waals surface area contributed by atoms with Gasteiger partial charge in [-0.05, 0) is 91.4 Å². The highest BCUT2D eigenvalue weighted by atomic mass is 14.4. The van der Waals surface area contributed by atoms with Crippen LogP contribution in [0.15, 0.2) is 84.9 Å². The van der Waals surface area contributed by atoms with Crippen LogP contribution in [0.5, 0.6) is 0 Å². The van der Waals surface area contributed by atoms with Crippen molar-refractivity contribution >= 4 is 0 Å². The first-order valence-electron chi connectivity index (χ1n) is 14.0. The minimum absolute atomic E-state index is 0.0490. The Morgan fingerprint density at radius 2 is 0.784 bits per heavy atom. The predicted octanol–water partition coefficient (Wildman–Crippen LogP) is 10.7. The maximum absolute atomic E-state index is 2.48. The van der Waals surface area contributed by atoms with Gasteiger partial charge < -0.3 is 0 Å². The summed E-state index contributed by atoms with van der Waals surface area (Å²) in [6.45, 7) is 18.4. The second-order valence-electron chi connectivity index (χ2n) is 13.0. The molecule has 0 spiro atoms. The predicted molar refractivity (Wildman–Crippen MR) is 162 cm³/mol. The highest BCUT2D eigenvalue weighted by Gasteiger charge is 2.40. The van der Waals surface area contributed by atoms with E-state index in [0.717, 1.165) is 12.8 Å². The van der Waals surface area contributed by atoms with Crippen LogP contribution in [0.2, 0.25) is 0 Å². The van der Waals surface area contributed by atoms with Gasteiger partial charge in [-0.15, -0.1) is 0 Å². The van der Waals surface area contributed by atoms with Gasteiger partial charge in [-0.1, -0.05) is 128 Å². The maximum Gasteiger partial charge on any atom is 0.0210 e. The van der Waals surface area contributed by atoms with Crippen LogP contribution in [0.3, 0.4) is 0 Å². The summed E-state index contributed by atoms with van der Waals surface area (Å²) < 4.78 is 0. The first-order chi connectivity index (χ1) is 17.5. The Bertz CT molecular complexity index is 1300. The molecular weight excluding hydrogens is 444 g/mol. The van der Waals surface area contributed by atoms with E-state index in [4.69, 9.17) is 0 Å². The molecule has 0 nitrogen and oxygen atoms in total. The number of fused-ring (bicyclic) bond motifs is 3. The van der Waals surface area contributed by atoms with E-state index in [-0.39, 0.29) is 16.2 Å². The van der Waals surface area contributed by atoms with E-state index in [1.807, 2.05) is 0 Å². The van der Waals surface area contributed by atoms with Crippen molar-refractivity contribution in [3.05, 3.63) is 107 Å². The largest absolute Gasteiger partial charge is 0.0642 e. The molecule has 1 aliphatic rings. The van der Waals surface area contributed by atoms with Crippen LogP contribution in [0, 0.1) is 0 Å². The normalized spacial score (nSPS) is 14.4. The minimum Gasteiger partial charge on any atom is -0.0642 e. The quantitative estimate of drug-likeness (QED) is 0.269. The average Bonchev–Trinajstić information content (AvgIpc) is 3.16. The Morgan fingerprint density at radius 3 is 1.08 bits per heavy atom. The van der Waals surface area contributed by atoms with E-state index in [1.54, 1.807) is 0 Å². The van der Waals surface area contributed by atoms with Crippen LogP contribution >= 0.6 is 0 Å². The van der Waals surface area contributed by atoms with Crippen molar-refractivity contribution in [3.63, 3.8) is 0 Å². The van der Waals surface area contributed by atoms with E-state index in [2.05, 4.69) is 140 Å². The summed E-state index contributed by atoms with van der Waals surface area (Å²) in [5.41, 5.74) is 14.2. The number of rotatable bonds is 4. The lowest BCUT2D eigenvalue weighted by Gasteiger charge is -2.30. The van der Waals surface area contributed by atoms with E-state index >= 15 is 0 Å². The molecule has 0 bridgehead atoms. The Labute approximate surface area is 224 Å². The van der Waals surface area contributed by atoms with Crippen molar-refractivity contribution in [1.82, 2.24) is 0 Å². The smallest absolute Gasteiger partial charge is 0.0210 e. The minimum atomic E-state index is 0.0490. The first-order valence-corrected chi connectivity index (χ1v) is 14.0.